The van der Waals surface area contributed by atoms with Crippen LogP contribution < -0.4 is 16.0 Å². The van der Waals surface area contributed by atoms with Crippen LogP contribution in [-0.4, -0.2) is 72.2 Å². The van der Waals surface area contributed by atoms with Crippen LogP contribution in [0.15, 0.2) is 48.5 Å². The summed E-state index contributed by atoms with van der Waals surface area (Å²) in [7, 11) is 4.03. The summed E-state index contributed by atoms with van der Waals surface area (Å²) < 4.78 is 16.3. The quantitative estimate of drug-likeness (QED) is 0.398. The Kier molecular flexibility index (Phi) is 5.10. The van der Waals surface area contributed by atoms with Crippen molar-refractivity contribution in [3.05, 3.63) is 60.0 Å². The van der Waals surface area contributed by atoms with Crippen molar-refractivity contribution in [1.82, 2.24) is 20.2 Å². The van der Waals surface area contributed by atoms with E-state index in [1.165, 1.54) is 0 Å². The summed E-state index contributed by atoms with van der Waals surface area (Å²) in [4.78, 5) is 26.2. The van der Waals surface area contributed by atoms with Crippen LogP contribution in [0, 0.1) is 5.82 Å². The van der Waals surface area contributed by atoms with Gasteiger partial charge in [0.25, 0.3) is 0 Å². The number of primary amides is 1. The van der Waals surface area contributed by atoms with Crippen LogP contribution in [0.1, 0.15) is 5.69 Å². The maximum Gasteiger partial charge on any atom is 0.232 e. The van der Waals surface area contributed by atoms with Crippen LogP contribution in [0.2, 0.25) is 0 Å². The van der Waals surface area contributed by atoms with E-state index in [0.29, 0.717) is 60.4 Å². The van der Waals surface area contributed by atoms with Gasteiger partial charge in [0.05, 0.1) is 5.69 Å². The minimum absolute atomic E-state index is 0.0517. The highest BCUT2D eigenvalue weighted by atomic mass is 19.1. The van der Waals surface area contributed by atoms with E-state index in [4.69, 9.17) is 10.7 Å². The summed E-state index contributed by atoms with van der Waals surface area (Å²) in [6.07, 6.45) is 0. The number of aromatic hydroxyl groups is 1. The second-order valence-corrected chi connectivity index (χ2v) is 9.98. The third-order valence-electron chi connectivity index (χ3n) is 7.59. The van der Waals surface area contributed by atoms with Crippen molar-refractivity contribution in [2.45, 2.75) is 11.5 Å². The molecule has 6 rings (SSSR count). The molecule has 3 aromatic carbocycles. The molecule has 2 saturated heterocycles. The molecule has 2 fully saturated rings. The number of hydrogen-bond donors (Lipinski definition) is 3. The Bertz CT molecular complexity index is 1530. The van der Waals surface area contributed by atoms with Gasteiger partial charge in [0.15, 0.2) is 5.82 Å². The van der Waals surface area contributed by atoms with E-state index in [9.17, 15) is 9.90 Å². The SMILES string of the molecule is CN(C)C1CN(c2nc(C3(C(N)=O)CNC3)c3ccc(-c4cc(O)cc5ccccc45)c(F)c3n2)C1. The van der Waals surface area contributed by atoms with E-state index in [1.807, 2.05) is 43.3 Å². The fourth-order valence-electron chi connectivity index (χ4n) is 5.16. The molecule has 0 bridgehead atoms. The molecule has 0 radical (unpaired) electrons. The summed E-state index contributed by atoms with van der Waals surface area (Å²) in [6, 6.07) is 14.5. The van der Waals surface area contributed by atoms with Crippen LogP contribution in [-0.2, 0) is 10.2 Å². The zero-order chi connectivity index (χ0) is 25.2. The maximum absolute atomic E-state index is 16.3. The molecule has 0 spiro atoms. The average molecular weight is 487 g/mol. The Hall–Kier alpha value is -3.82. The highest BCUT2D eigenvalue weighted by Gasteiger charge is 2.48. The molecule has 36 heavy (non-hydrogen) atoms. The second kappa shape index (κ2) is 8.11. The lowest BCUT2D eigenvalue weighted by molar-refractivity contribution is -0.125. The number of anilines is 1. The number of halogens is 1. The molecular formula is C27H27FN6O2. The van der Waals surface area contributed by atoms with Crippen molar-refractivity contribution in [2.24, 2.45) is 5.73 Å². The van der Waals surface area contributed by atoms with Gasteiger partial charge in [-0.25, -0.2) is 14.4 Å². The minimum atomic E-state index is -1.02. The molecule has 1 amide bonds. The minimum Gasteiger partial charge on any atom is -0.508 e. The van der Waals surface area contributed by atoms with E-state index in [-0.39, 0.29) is 11.3 Å². The van der Waals surface area contributed by atoms with E-state index in [0.717, 1.165) is 10.8 Å². The first-order chi connectivity index (χ1) is 17.3. The van der Waals surface area contributed by atoms with Gasteiger partial charge < -0.3 is 26.0 Å². The normalized spacial score (nSPS) is 17.4. The first-order valence-corrected chi connectivity index (χ1v) is 11.9. The average Bonchev–Trinajstić information content (AvgIpc) is 2.77. The fourth-order valence-corrected chi connectivity index (χ4v) is 5.16. The van der Waals surface area contributed by atoms with Crippen LogP contribution in [0.4, 0.5) is 10.3 Å². The summed E-state index contributed by atoms with van der Waals surface area (Å²) in [6.45, 7) is 2.10. The van der Waals surface area contributed by atoms with Gasteiger partial charge in [-0.1, -0.05) is 36.4 Å². The van der Waals surface area contributed by atoms with Crippen LogP contribution in [0.5, 0.6) is 5.75 Å². The molecule has 2 aliphatic rings. The maximum atomic E-state index is 16.3. The molecule has 2 aliphatic heterocycles. The van der Waals surface area contributed by atoms with E-state index < -0.39 is 17.1 Å². The summed E-state index contributed by atoms with van der Waals surface area (Å²) in [5, 5.41) is 15.5. The Morgan fingerprint density at radius 1 is 1.11 bits per heavy atom. The zero-order valence-electron chi connectivity index (χ0n) is 20.1. The first-order valence-electron chi connectivity index (χ1n) is 11.9. The lowest BCUT2D eigenvalue weighted by Gasteiger charge is -2.44. The predicted octanol–water partition coefficient (Wildman–Crippen LogP) is 2.37. The highest BCUT2D eigenvalue weighted by Crippen LogP contribution is 2.40. The van der Waals surface area contributed by atoms with Crippen molar-refractivity contribution in [2.75, 3.05) is 45.2 Å². The van der Waals surface area contributed by atoms with E-state index >= 15 is 4.39 Å². The number of carbonyl (C=O) groups excluding carboxylic acids is 1. The van der Waals surface area contributed by atoms with Crippen LogP contribution in [0.3, 0.4) is 0 Å². The predicted molar refractivity (Wildman–Crippen MR) is 138 cm³/mol. The number of nitrogens with one attached hydrogen (secondary N) is 1. The monoisotopic (exact) mass is 486 g/mol. The van der Waals surface area contributed by atoms with E-state index in [2.05, 4.69) is 15.2 Å². The van der Waals surface area contributed by atoms with E-state index in [1.54, 1.807) is 24.3 Å². The zero-order valence-corrected chi connectivity index (χ0v) is 20.1. The standard InChI is InChI=1S/C27H27FN6O2/c1-33(2)16-11-34(12-16)26-31-23-20(24(32-26)27(25(29)36)13-30-14-27)8-7-19(22(23)28)21-10-17(35)9-15-5-3-4-6-18(15)21/h3-10,16,30,35H,11-14H2,1-2H3,(H2,29,36). The van der Waals surface area contributed by atoms with Gasteiger partial charge >= 0.3 is 0 Å². The third-order valence-corrected chi connectivity index (χ3v) is 7.59. The number of phenols is 1. The largest absolute Gasteiger partial charge is 0.508 e. The number of nitrogens with two attached hydrogens (primary N) is 1. The number of likely N-dealkylation sites (N-methyl/N-ethyl adjacent to an activating group) is 1. The van der Waals surface area contributed by atoms with Gasteiger partial charge in [0.1, 0.15) is 16.7 Å². The Labute approximate surface area is 207 Å². The van der Waals surface area contributed by atoms with Crippen molar-refractivity contribution in [3.63, 3.8) is 0 Å². The molecule has 0 saturated carbocycles. The van der Waals surface area contributed by atoms with Crippen molar-refractivity contribution < 1.29 is 14.3 Å². The van der Waals surface area contributed by atoms with Crippen LogP contribution >= 0.6 is 0 Å². The number of benzene rings is 3. The number of phenolic OH excluding ortho intramolecular Hbond substituents is 1. The van der Waals surface area contributed by atoms with Gasteiger partial charge in [-0.15, -0.1) is 0 Å². The smallest absolute Gasteiger partial charge is 0.232 e. The molecule has 0 unspecified atom stereocenters. The topological polar surface area (TPSA) is 108 Å². The Morgan fingerprint density at radius 3 is 2.53 bits per heavy atom. The highest BCUT2D eigenvalue weighted by molar-refractivity contribution is 6.01. The molecular weight excluding hydrogens is 459 g/mol. The number of carbonyl (C=O) groups is 1. The molecule has 8 nitrogen and oxygen atoms in total. The number of nitrogens with zero attached hydrogens (tertiary/aromatic N) is 4. The van der Waals surface area contributed by atoms with Gasteiger partial charge in [0, 0.05) is 43.2 Å². The first kappa shape index (κ1) is 22.6. The molecule has 0 atom stereocenters. The summed E-state index contributed by atoms with van der Waals surface area (Å²) >= 11 is 0. The lowest BCUT2D eigenvalue weighted by Crippen LogP contribution is -2.64. The third kappa shape index (κ3) is 3.30. The fraction of sp³-hybridized carbons (Fsp3) is 0.296. The van der Waals surface area contributed by atoms with Gasteiger partial charge in [-0.3, -0.25) is 4.79 Å². The molecule has 4 aromatic rings. The lowest BCUT2D eigenvalue weighted by atomic mass is 9.76. The summed E-state index contributed by atoms with van der Waals surface area (Å²) in [5.74, 6) is -0.578. The number of hydrogen-bond acceptors (Lipinski definition) is 7. The van der Waals surface area contributed by atoms with Crippen LogP contribution in [0.25, 0.3) is 32.8 Å². The molecule has 3 heterocycles. The molecule has 1 aromatic heterocycles. The van der Waals surface area contributed by atoms with Gasteiger partial charge in [-0.2, -0.15) is 0 Å². The number of rotatable bonds is 5. The Balaban J connectivity index is 1.58. The number of aromatic nitrogens is 2. The van der Waals surface area contributed by atoms with Crippen molar-refractivity contribution in [3.8, 4) is 16.9 Å². The number of amides is 1. The molecule has 9 heteroatoms. The van der Waals surface area contributed by atoms with Gasteiger partial charge in [-0.05, 0) is 42.6 Å². The molecule has 0 aliphatic carbocycles. The molecule has 184 valence electrons. The Morgan fingerprint density at radius 2 is 1.86 bits per heavy atom. The van der Waals surface area contributed by atoms with Gasteiger partial charge in [0.2, 0.25) is 11.9 Å². The summed E-state index contributed by atoms with van der Waals surface area (Å²) in [5.41, 5.74) is 6.31. The van der Waals surface area contributed by atoms with Crippen molar-refractivity contribution >= 4 is 33.5 Å². The van der Waals surface area contributed by atoms with Crippen molar-refractivity contribution in [1.29, 1.82) is 0 Å². The second-order valence-electron chi connectivity index (χ2n) is 9.98. The molecule has 4 N–H and O–H groups in total. The number of fused-ring (bicyclic) bond motifs is 2.